The van der Waals surface area contributed by atoms with Crippen LogP contribution < -0.4 is 4.72 Å². The Morgan fingerprint density at radius 1 is 1.53 bits per heavy atom. The minimum atomic E-state index is -3.68. The van der Waals surface area contributed by atoms with Crippen molar-refractivity contribution in [1.29, 1.82) is 0 Å². The molecule has 1 aromatic rings. The maximum absolute atomic E-state index is 11.6. The smallest absolute Gasteiger partial charge is 0.252 e. The summed E-state index contributed by atoms with van der Waals surface area (Å²) in [5.74, 6) is 0. The fourth-order valence-electron chi connectivity index (χ4n) is 0.876. The Balaban J connectivity index is 2.84. The lowest BCUT2D eigenvalue weighted by Gasteiger charge is -2.11. The van der Waals surface area contributed by atoms with Crippen LogP contribution in [0.2, 0.25) is 0 Å². The van der Waals surface area contributed by atoms with Crippen LogP contribution in [0, 0.1) is 6.92 Å². The van der Waals surface area contributed by atoms with E-state index in [9.17, 15) is 8.42 Å². The first kappa shape index (κ1) is 12.5. The molecular weight excluding hydrogens is 240 g/mol. The molecule has 0 fully saturated rings. The monoisotopic (exact) mass is 252 g/mol. The van der Waals surface area contributed by atoms with Crippen molar-refractivity contribution in [1.82, 2.24) is 9.71 Å². The minimum Gasteiger partial charge on any atom is -0.395 e. The molecule has 0 bridgehead atoms. The summed E-state index contributed by atoms with van der Waals surface area (Å²) in [7, 11) is -3.68. The topological polar surface area (TPSA) is 99.5 Å². The highest BCUT2D eigenvalue weighted by atomic mass is 32.2. The Hall–Kier alpha value is -0.540. The molecule has 0 saturated carbocycles. The van der Waals surface area contributed by atoms with Crippen molar-refractivity contribution in [2.75, 3.05) is 13.2 Å². The normalized spacial score (nSPS) is 12.3. The van der Waals surface area contributed by atoms with E-state index >= 15 is 0 Å². The van der Waals surface area contributed by atoms with Gasteiger partial charge in [-0.25, -0.2) is 18.1 Å². The number of aliphatic hydroxyl groups excluding tert-OH is 2. The second-order valence-corrected chi connectivity index (χ2v) is 6.06. The second kappa shape index (κ2) is 4.99. The van der Waals surface area contributed by atoms with Crippen molar-refractivity contribution in [3.63, 3.8) is 0 Å². The maximum Gasteiger partial charge on any atom is 0.252 e. The third kappa shape index (κ3) is 3.21. The van der Waals surface area contributed by atoms with Gasteiger partial charge in [-0.3, -0.25) is 0 Å². The first-order chi connectivity index (χ1) is 6.99. The minimum absolute atomic E-state index is 0.0758. The molecular formula is C7H12N2O4S2. The lowest BCUT2D eigenvalue weighted by molar-refractivity contribution is 0.185. The van der Waals surface area contributed by atoms with Gasteiger partial charge in [0, 0.05) is 0 Å². The molecule has 86 valence electrons. The lowest BCUT2D eigenvalue weighted by atomic mass is 10.4. The number of hydrogen-bond donors (Lipinski definition) is 3. The Bertz CT molecular complexity index is 410. The average molecular weight is 252 g/mol. The molecule has 0 aliphatic carbocycles. The molecule has 8 heteroatoms. The van der Waals surface area contributed by atoms with Crippen LogP contribution in [0.5, 0.6) is 0 Å². The fourth-order valence-corrected chi connectivity index (χ4v) is 3.22. The predicted octanol–water partition coefficient (Wildman–Crippen LogP) is -0.917. The molecule has 0 atom stereocenters. The summed E-state index contributed by atoms with van der Waals surface area (Å²) in [6.45, 7) is 0.792. The van der Waals surface area contributed by atoms with E-state index < -0.39 is 29.3 Å². The summed E-state index contributed by atoms with van der Waals surface area (Å²) < 4.78 is 25.5. The van der Waals surface area contributed by atoms with Gasteiger partial charge in [0.05, 0.1) is 30.5 Å². The van der Waals surface area contributed by atoms with Gasteiger partial charge in [0.15, 0.2) is 4.21 Å². The molecule has 1 aromatic heterocycles. The van der Waals surface area contributed by atoms with E-state index in [-0.39, 0.29) is 4.21 Å². The van der Waals surface area contributed by atoms with Gasteiger partial charge in [0.25, 0.3) is 10.0 Å². The predicted molar refractivity (Wildman–Crippen MR) is 55.1 cm³/mol. The molecule has 6 nitrogen and oxygen atoms in total. The Morgan fingerprint density at radius 3 is 2.53 bits per heavy atom. The van der Waals surface area contributed by atoms with Crippen molar-refractivity contribution >= 4 is 21.4 Å². The van der Waals surface area contributed by atoms with Gasteiger partial charge in [0.2, 0.25) is 0 Å². The van der Waals surface area contributed by atoms with E-state index in [1.807, 2.05) is 0 Å². The van der Waals surface area contributed by atoms with E-state index in [2.05, 4.69) is 9.71 Å². The van der Waals surface area contributed by atoms with Crippen LogP contribution in [-0.4, -0.2) is 42.9 Å². The van der Waals surface area contributed by atoms with E-state index in [4.69, 9.17) is 10.2 Å². The zero-order valence-corrected chi connectivity index (χ0v) is 9.68. The lowest BCUT2D eigenvalue weighted by Crippen LogP contribution is -2.39. The van der Waals surface area contributed by atoms with Crippen LogP contribution in [0.15, 0.2) is 10.4 Å². The summed E-state index contributed by atoms with van der Waals surface area (Å²) in [6.07, 6.45) is 1.24. The van der Waals surface area contributed by atoms with E-state index in [1.54, 1.807) is 6.92 Å². The Morgan fingerprint density at radius 2 is 2.13 bits per heavy atom. The molecule has 0 amide bonds. The highest BCUT2D eigenvalue weighted by Crippen LogP contribution is 2.17. The highest BCUT2D eigenvalue weighted by molar-refractivity contribution is 7.91. The summed E-state index contributed by atoms with van der Waals surface area (Å²) in [6, 6.07) is -0.877. The quantitative estimate of drug-likeness (QED) is 0.629. The zero-order chi connectivity index (χ0) is 11.5. The van der Waals surface area contributed by atoms with E-state index in [1.165, 1.54) is 6.20 Å². The maximum atomic E-state index is 11.6. The molecule has 1 heterocycles. The van der Waals surface area contributed by atoms with Crippen LogP contribution in [-0.2, 0) is 10.0 Å². The number of sulfonamides is 1. The molecule has 0 saturated heterocycles. The summed E-state index contributed by atoms with van der Waals surface area (Å²) >= 11 is 1.03. The van der Waals surface area contributed by atoms with Crippen molar-refractivity contribution < 1.29 is 18.6 Å². The van der Waals surface area contributed by atoms with Gasteiger partial charge in [0.1, 0.15) is 0 Å². The number of aliphatic hydroxyl groups is 2. The first-order valence-corrected chi connectivity index (χ1v) is 6.46. The number of hydrogen-bond acceptors (Lipinski definition) is 6. The first-order valence-electron chi connectivity index (χ1n) is 4.16. The van der Waals surface area contributed by atoms with Crippen molar-refractivity contribution in [3.05, 3.63) is 11.2 Å². The van der Waals surface area contributed by atoms with Gasteiger partial charge in [-0.15, -0.1) is 11.3 Å². The van der Waals surface area contributed by atoms with Gasteiger partial charge >= 0.3 is 0 Å². The number of aryl methyl sites for hydroxylation is 1. The van der Waals surface area contributed by atoms with Crippen LogP contribution in [0.4, 0.5) is 0 Å². The largest absolute Gasteiger partial charge is 0.395 e. The molecule has 3 N–H and O–H groups in total. The van der Waals surface area contributed by atoms with Crippen LogP contribution in [0.3, 0.4) is 0 Å². The van der Waals surface area contributed by atoms with Crippen molar-refractivity contribution in [3.8, 4) is 0 Å². The summed E-state index contributed by atoms with van der Waals surface area (Å²) in [4.78, 5) is 3.82. The zero-order valence-electron chi connectivity index (χ0n) is 8.04. The average Bonchev–Trinajstić information content (AvgIpc) is 2.62. The molecule has 0 unspecified atom stereocenters. The summed E-state index contributed by atoms with van der Waals surface area (Å²) in [5.41, 5.74) is 0. The second-order valence-electron chi connectivity index (χ2n) is 2.88. The molecule has 0 radical (unpaired) electrons. The standard InChI is InChI=1S/C7H12N2O4S2/c1-5-8-2-7(14-5)15(12,13)9-6(3-10)4-11/h2,6,9-11H,3-4H2,1H3. The van der Waals surface area contributed by atoms with E-state index in [0.29, 0.717) is 5.01 Å². The molecule has 0 aliphatic heterocycles. The van der Waals surface area contributed by atoms with E-state index in [0.717, 1.165) is 11.3 Å². The number of nitrogens with one attached hydrogen (secondary N) is 1. The SMILES string of the molecule is Cc1ncc(S(=O)(=O)NC(CO)CO)s1. The number of thiazole rings is 1. The Labute approximate surface area is 91.7 Å². The highest BCUT2D eigenvalue weighted by Gasteiger charge is 2.21. The molecule has 0 aromatic carbocycles. The fraction of sp³-hybridized carbons (Fsp3) is 0.571. The van der Waals surface area contributed by atoms with Gasteiger partial charge < -0.3 is 10.2 Å². The van der Waals surface area contributed by atoms with Gasteiger partial charge in [-0.05, 0) is 6.92 Å². The van der Waals surface area contributed by atoms with Gasteiger partial charge in [-0.1, -0.05) is 0 Å². The molecule has 0 spiro atoms. The van der Waals surface area contributed by atoms with Crippen molar-refractivity contribution in [2.24, 2.45) is 0 Å². The number of rotatable bonds is 5. The van der Waals surface area contributed by atoms with Crippen molar-refractivity contribution in [2.45, 2.75) is 17.2 Å². The Kier molecular flexibility index (Phi) is 4.17. The number of nitrogens with zero attached hydrogens (tertiary/aromatic N) is 1. The van der Waals surface area contributed by atoms with Crippen LogP contribution in [0.1, 0.15) is 5.01 Å². The molecule has 1 rings (SSSR count). The van der Waals surface area contributed by atoms with Gasteiger partial charge in [-0.2, -0.15) is 0 Å². The molecule has 15 heavy (non-hydrogen) atoms. The van der Waals surface area contributed by atoms with Crippen LogP contribution in [0.25, 0.3) is 0 Å². The third-order valence-corrected chi connectivity index (χ3v) is 4.52. The van der Waals surface area contributed by atoms with Crippen LogP contribution >= 0.6 is 11.3 Å². The summed E-state index contributed by atoms with van der Waals surface area (Å²) in [5, 5.41) is 18.1. The molecule has 0 aliphatic rings. The number of aromatic nitrogens is 1. The third-order valence-electron chi connectivity index (χ3n) is 1.63.